The summed E-state index contributed by atoms with van der Waals surface area (Å²) in [5.41, 5.74) is 0.634. The standard InChI is InChI=1S/C16H20N2O4/c1-16(2)21-12-7-6-11(9-13(12)22-16)17-14(19)10-18-8-4-3-5-15(18)20/h6-7,9H,3-5,8,10H2,1-2H3,(H,17,19). The zero-order valence-electron chi connectivity index (χ0n) is 12.8. The van der Waals surface area contributed by atoms with E-state index in [9.17, 15) is 9.59 Å². The number of anilines is 1. The van der Waals surface area contributed by atoms with Crippen LogP contribution in [0, 0.1) is 0 Å². The van der Waals surface area contributed by atoms with Crippen molar-refractivity contribution in [2.24, 2.45) is 0 Å². The number of nitrogens with zero attached hydrogens (tertiary/aromatic N) is 1. The summed E-state index contributed by atoms with van der Waals surface area (Å²) in [7, 11) is 0. The highest BCUT2D eigenvalue weighted by atomic mass is 16.7. The van der Waals surface area contributed by atoms with E-state index in [0.29, 0.717) is 30.2 Å². The molecule has 1 N–H and O–H groups in total. The molecule has 0 aliphatic carbocycles. The fraction of sp³-hybridized carbons (Fsp3) is 0.500. The Hall–Kier alpha value is -2.24. The number of carbonyl (C=O) groups is 2. The summed E-state index contributed by atoms with van der Waals surface area (Å²) in [4.78, 5) is 25.4. The molecule has 3 rings (SSSR count). The molecule has 6 nitrogen and oxygen atoms in total. The molecule has 0 bridgehead atoms. The normalized spacial score (nSPS) is 19.2. The maximum absolute atomic E-state index is 12.1. The molecule has 0 spiro atoms. The topological polar surface area (TPSA) is 67.9 Å². The number of rotatable bonds is 3. The Kier molecular flexibility index (Phi) is 3.68. The number of benzene rings is 1. The molecular weight excluding hydrogens is 284 g/mol. The first-order valence-electron chi connectivity index (χ1n) is 7.53. The summed E-state index contributed by atoms with van der Waals surface area (Å²) < 4.78 is 11.2. The van der Waals surface area contributed by atoms with Gasteiger partial charge in [0.25, 0.3) is 0 Å². The molecule has 22 heavy (non-hydrogen) atoms. The van der Waals surface area contributed by atoms with Crippen LogP contribution in [0.25, 0.3) is 0 Å². The number of likely N-dealkylation sites (tertiary alicyclic amines) is 1. The summed E-state index contributed by atoms with van der Waals surface area (Å²) in [6, 6.07) is 5.27. The zero-order valence-corrected chi connectivity index (χ0v) is 12.8. The summed E-state index contributed by atoms with van der Waals surface area (Å²) >= 11 is 0. The van der Waals surface area contributed by atoms with Crippen molar-refractivity contribution < 1.29 is 19.1 Å². The third-order valence-electron chi connectivity index (χ3n) is 3.69. The molecule has 1 fully saturated rings. The summed E-state index contributed by atoms with van der Waals surface area (Å²) in [5, 5.41) is 2.80. The van der Waals surface area contributed by atoms with Gasteiger partial charge in [0.15, 0.2) is 11.5 Å². The van der Waals surface area contributed by atoms with Crippen molar-refractivity contribution in [1.29, 1.82) is 0 Å². The minimum atomic E-state index is -0.689. The first-order chi connectivity index (χ1) is 10.4. The van der Waals surface area contributed by atoms with E-state index in [2.05, 4.69) is 5.32 Å². The predicted octanol–water partition coefficient (Wildman–Crippen LogP) is 2.14. The Balaban J connectivity index is 1.62. The maximum atomic E-state index is 12.1. The van der Waals surface area contributed by atoms with E-state index in [4.69, 9.17) is 9.47 Å². The van der Waals surface area contributed by atoms with Crippen LogP contribution < -0.4 is 14.8 Å². The fourth-order valence-corrected chi connectivity index (χ4v) is 2.70. The van der Waals surface area contributed by atoms with Crippen molar-refractivity contribution in [2.45, 2.75) is 38.9 Å². The molecule has 0 saturated carbocycles. The molecular formula is C16H20N2O4. The third kappa shape index (κ3) is 3.16. The van der Waals surface area contributed by atoms with Gasteiger partial charge in [-0.05, 0) is 25.0 Å². The van der Waals surface area contributed by atoms with Gasteiger partial charge in [-0.3, -0.25) is 9.59 Å². The molecule has 2 amide bonds. The van der Waals surface area contributed by atoms with Gasteiger partial charge in [-0.2, -0.15) is 0 Å². The first kappa shape index (κ1) is 14.7. The van der Waals surface area contributed by atoms with E-state index in [1.807, 2.05) is 13.8 Å². The quantitative estimate of drug-likeness (QED) is 0.929. The number of amides is 2. The Labute approximate surface area is 129 Å². The van der Waals surface area contributed by atoms with Gasteiger partial charge in [-0.25, -0.2) is 0 Å². The van der Waals surface area contributed by atoms with Crippen LogP contribution in [0.4, 0.5) is 5.69 Å². The Morgan fingerprint density at radius 2 is 2.05 bits per heavy atom. The fourth-order valence-electron chi connectivity index (χ4n) is 2.70. The minimum absolute atomic E-state index is 0.0498. The lowest BCUT2D eigenvalue weighted by Crippen LogP contribution is -2.40. The second-order valence-electron chi connectivity index (χ2n) is 6.09. The average molecular weight is 304 g/mol. The average Bonchev–Trinajstić information content (AvgIpc) is 2.74. The molecule has 0 radical (unpaired) electrons. The molecule has 2 heterocycles. The van der Waals surface area contributed by atoms with Crippen molar-refractivity contribution in [3.05, 3.63) is 18.2 Å². The van der Waals surface area contributed by atoms with Crippen LogP contribution in [0.15, 0.2) is 18.2 Å². The Morgan fingerprint density at radius 3 is 2.82 bits per heavy atom. The van der Waals surface area contributed by atoms with Gasteiger partial charge in [0.05, 0.1) is 6.54 Å². The molecule has 1 aromatic carbocycles. The van der Waals surface area contributed by atoms with Gasteiger partial charge in [0, 0.05) is 38.6 Å². The molecule has 0 aromatic heterocycles. The minimum Gasteiger partial charge on any atom is -0.449 e. The van der Waals surface area contributed by atoms with Crippen LogP contribution >= 0.6 is 0 Å². The Bertz CT molecular complexity index is 612. The van der Waals surface area contributed by atoms with Crippen LogP contribution in [0.2, 0.25) is 0 Å². The molecule has 2 aliphatic heterocycles. The maximum Gasteiger partial charge on any atom is 0.246 e. The molecule has 2 aliphatic rings. The number of nitrogens with one attached hydrogen (secondary N) is 1. The van der Waals surface area contributed by atoms with Gasteiger partial charge in [-0.1, -0.05) is 0 Å². The lowest BCUT2D eigenvalue weighted by Gasteiger charge is -2.25. The van der Waals surface area contributed by atoms with Crippen LogP contribution in [0.3, 0.4) is 0 Å². The molecule has 0 atom stereocenters. The highest BCUT2D eigenvalue weighted by Crippen LogP contribution is 2.40. The van der Waals surface area contributed by atoms with Gasteiger partial charge < -0.3 is 19.7 Å². The third-order valence-corrected chi connectivity index (χ3v) is 3.69. The Morgan fingerprint density at radius 1 is 1.27 bits per heavy atom. The van der Waals surface area contributed by atoms with Crippen LogP contribution in [0.1, 0.15) is 33.1 Å². The second-order valence-corrected chi connectivity index (χ2v) is 6.09. The first-order valence-corrected chi connectivity index (χ1v) is 7.53. The number of piperidine rings is 1. The van der Waals surface area contributed by atoms with E-state index < -0.39 is 5.79 Å². The van der Waals surface area contributed by atoms with Crippen molar-refractivity contribution in [3.8, 4) is 11.5 Å². The molecule has 6 heteroatoms. The smallest absolute Gasteiger partial charge is 0.246 e. The summed E-state index contributed by atoms with van der Waals surface area (Å²) in [6.07, 6.45) is 2.40. The number of ether oxygens (including phenoxy) is 2. The van der Waals surface area contributed by atoms with E-state index in [1.165, 1.54) is 0 Å². The highest BCUT2D eigenvalue weighted by Gasteiger charge is 2.31. The molecule has 0 unspecified atom stereocenters. The van der Waals surface area contributed by atoms with Crippen LogP contribution in [-0.2, 0) is 9.59 Å². The summed E-state index contributed by atoms with van der Waals surface area (Å²) in [6.45, 7) is 4.40. The van der Waals surface area contributed by atoms with Crippen LogP contribution in [0.5, 0.6) is 11.5 Å². The second kappa shape index (κ2) is 5.51. The monoisotopic (exact) mass is 304 g/mol. The van der Waals surface area contributed by atoms with E-state index in [0.717, 1.165) is 12.8 Å². The number of hydrogen-bond donors (Lipinski definition) is 1. The predicted molar refractivity (Wildman–Crippen MR) is 80.8 cm³/mol. The molecule has 1 aromatic rings. The number of hydrogen-bond acceptors (Lipinski definition) is 4. The van der Waals surface area contributed by atoms with E-state index >= 15 is 0 Å². The summed E-state index contributed by atoms with van der Waals surface area (Å²) in [5.74, 6) is 0.429. The van der Waals surface area contributed by atoms with Gasteiger partial charge >= 0.3 is 0 Å². The van der Waals surface area contributed by atoms with Crippen molar-refractivity contribution in [3.63, 3.8) is 0 Å². The lowest BCUT2D eigenvalue weighted by atomic mass is 10.1. The lowest BCUT2D eigenvalue weighted by molar-refractivity contribution is -0.136. The van der Waals surface area contributed by atoms with Gasteiger partial charge in [0.1, 0.15) is 0 Å². The molecule has 118 valence electrons. The molecule has 1 saturated heterocycles. The van der Waals surface area contributed by atoms with E-state index in [1.54, 1.807) is 23.1 Å². The van der Waals surface area contributed by atoms with Gasteiger partial charge in [-0.15, -0.1) is 0 Å². The SMILES string of the molecule is CC1(C)Oc2ccc(NC(=O)CN3CCCCC3=O)cc2O1. The number of fused-ring (bicyclic) bond motifs is 1. The number of carbonyl (C=O) groups excluding carboxylic acids is 2. The zero-order chi connectivity index (χ0) is 15.7. The van der Waals surface area contributed by atoms with Crippen LogP contribution in [-0.4, -0.2) is 35.6 Å². The van der Waals surface area contributed by atoms with Gasteiger partial charge in [0.2, 0.25) is 17.6 Å². The van der Waals surface area contributed by atoms with Crippen molar-refractivity contribution >= 4 is 17.5 Å². The largest absolute Gasteiger partial charge is 0.449 e. The van der Waals surface area contributed by atoms with Crippen molar-refractivity contribution in [1.82, 2.24) is 4.90 Å². The highest BCUT2D eigenvalue weighted by molar-refractivity contribution is 5.94. The van der Waals surface area contributed by atoms with E-state index in [-0.39, 0.29) is 18.4 Å². The van der Waals surface area contributed by atoms with Crippen molar-refractivity contribution in [2.75, 3.05) is 18.4 Å².